The van der Waals surface area contributed by atoms with Crippen molar-refractivity contribution in [1.29, 1.82) is 0 Å². The molecule has 6 nitrogen and oxygen atoms in total. The number of carboxylic acids is 1. The number of alkyl halides is 1. The molecule has 0 heterocycles. The topological polar surface area (TPSA) is 86.7 Å². The van der Waals surface area contributed by atoms with Gasteiger partial charge in [-0.05, 0) is 43.5 Å². The SMILES string of the molecule is CC#CCOc1ccc(S(=O)(=O)N(CCCCl)C(C(=O)[O-])C(C)C)cc1. The lowest BCUT2D eigenvalue weighted by molar-refractivity contribution is -0.311. The molecule has 0 N–H and O–H groups in total. The Bertz CT molecular complexity index is 750. The predicted molar refractivity (Wildman–Crippen MR) is 98.2 cm³/mol. The molecule has 0 radical (unpaired) electrons. The van der Waals surface area contributed by atoms with Crippen LogP contribution in [0.4, 0.5) is 0 Å². The lowest BCUT2D eigenvalue weighted by atomic mass is 10.0. The number of nitrogens with zero attached hydrogens (tertiary/aromatic N) is 1. The summed E-state index contributed by atoms with van der Waals surface area (Å²) in [6.07, 6.45) is 0.328. The number of hydrogen-bond acceptors (Lipinski definition) is 5. The number of ether oxygens (including phenoxy) is 1. The molecule has 0 saturated carbocycles. The van der Waals surface area contributed by atoms with Crippen molar-refractivity contribution in [2.24, 2.45) is 5.92 Å². The van der Waals surface area contributed by atoms with Crippen LogP contribution >= 0.6 is 11.6 Å². The summed E-state index contributed by atoms with van der Waals surface area (Å²) in [6, 6.07) is 4.49. The molecule has 144 valence electrons. The molecule has 1 aromatic rings. The molecular formula is C18H23ClNO5S-. The summed E-state index contributed by atoms with van der Waals surface area (Å²) in [5.74, 6) is 4.23. The zero-order valence-electron chi connectivity index (χ0n) is 15.1. The largest absolute Gasteiger partial charge is 0.548 e. The Kier molecular flexibility index (Phi) is 8.93. The van der Waals surface area contributed by atoms with E-state index < -0.39 is 28.0 Å². The summed E-state index contributed by atoms with van der Waals surface area (Å²) in [6.45, 7) is 5.15. The van der Waals surface area contributed by atoms with E-state index in [4.69, 9.17) is 16.3 Å². The number of sulfonamides is 1. The van der Waals surface area contributed by atoms with Crippen LogP contribution in [0.25, 0.3) is 0 Å². The van der Waals surface area contributed by atoms with Gasteiger partial charge in [0.25, 0.3) is 0 Å². The second-order valence-electron chi connectivity index (χ2n) is 5.85. The van der Waals surface area contributed by atoms with Gasteiger partial charge in [-0.25, -0.2) is 8.42 Å². The molecule has 0 aliphatic heterocycles. The summed E-state index contributed by atoms with van der Waals surface area (Å²) in [5, 5.41) is 11.5. The molecular weight excluding hydrogens is 378 g/mol. The summed E-state index contributed by atoms with van der Waals surface area (Å²) >= 11 is 5.67. The highest BCUT2D eigenvalue weighted by molar-refractivity contribution is 7.89. The third kappa shape index (κ3) is 5.90. The molecule has 0 amide bonds. The van der Waals surface area contributed by atoms with Gasteiger partial charge in [-0.1, -0.05) is 19.8 Å². The van der Waals surface area contributed by atoms with E-state index in [1.54, 1.807) is 20.8 Å². The molecule has 1 atom stereocenters. The number of carbonyl (C=O) groups is 1. The van der Waals surface area contributed by atoms with Crippen LogP contribution in [-0.2, 0) is 14.8 Å². The first-order chi connectivity index (χ1) is 12.3. The Labute approximate surface area is 160 Å². The van der Waals surface area contributed by atoms with Crippen LogP contribution in [0, 0.1) is 17.8 Å². The van der Waals surface area contributed by atoms with Gasteiger partial charge in [-0.15, -0.1) is 17.5 Å². The lowest BCUT2D eigenvalue weighted by Crippen LogP contribution is -2.53. The van der Waals surface area contributed by atoms with Crippen LogP contribution in [0.3, 0.4) is 0 Å². The number of rotatable bonds is 10. The molecule has 0 aliphatic rings. The van der Waals surface area contributed by atoms with Crippen LogP contribution < -0.4 is 9.84 Å². The van der Waals surface area contributed by atoms with Crippen molar-refractivity contribution >= 4 is 27.6 Å². The number of carboxylic acid groups (broad SMARTS) is 1. The zero-order chi connectivity index (χ0) is 19.7. The van der Waals surface area contributed by atoms with Crippen LogP contribution in [0.5, 0.6) is 5.75 Å². The molecule has 1 unspecified atom stereocenters. The maximum absolute atomic E-state index is 13.0. The molecule has 0 aliphatic carbocycles. The second kappa shape index (κ2) is 10.4. The third-order valence-electron chi connectivity index (χ3n) is 3.61. The molecule has 0 aromatic heterocycles. The smallest absolute Gasteiger partial charge is 0.243 e. The van der Waals surface area contributed by atoms with Gasteiger partial charge in [0.1, 0.15) is 12.4 Å². The van der Waals surface area contributed by atoms with Crippen molar-refractivity contribution in [3.05, 3.63) is 24.3 Å². The van der Waals surface area contributed by atoms with E-state index in [1.165, 1.54) is 24.3 Å². The summed E-state index contributed by atoms with van der Waals surface area (Å²) in [5.41, 5.74) is 0. The van der Waals surface area contributed by atoms with Crippen LogP contribution in [0.2, 0.25) is 0 Å². The van der Waals surface area contributed by atoms with Crippen molar-refractivity contribution in [2.45, 2.75) is 38.1 Å². The summed E-state index contributed by atoms with van der Waals surface area (Å²) in [4.78, 5) is 11.5. The Balaban J connectivity index is 3.17. The van der Waals surface area contributed by atoms with Gasteiger partial charge >= 0.3 is 0 Å². The number of aliphatic carboxylic acids is 1. The van der Waals surface area contributed by atoms with E-state index in [1.807, 2.05) is 0 Å². The fourth-order valence-corrected chi connectivity index (χ4v) is 4.25. The van der Waals surface area contributed by atoms with E-state index in [0.717, 1.165) is 4.31 Å². The zero-order valence-corrected chi connectivity index (χ0v) is 16.6. The molecule has 0 spiro atoms. The monoisotopic (exact) mass is 400 g/mol. The number of halogens is 1. The van der Waals surface area contributed by atoms with E-state index in [2.05, 4.69) is 11.8 Å². The fourth-order valence-electron chi connectivity index (χ4n) is 2.38. The second-order valence-corrected chi connectivity index (χ2v) is 8.12. The van der Waals surface area contributed by atoms with Crippen molar-refractivity contribution in [1.82, 2.24) is 4.31 Å². The molecule has 26 heavy (non-hydrogen) atoms. The average molecular weight is 401 g/mol. The van der Waals surface area contributed by atoms with Gasteiger partial charge < -0.3 is 14.6 Å². The lowest BCUT2D eigenvalue weighted by Gasteiger charge is -2.34. The molecule has 0 bridgehead atoms. The highest BCUT2D eigenvalue weighted by Crippen LogP contribution is 2.24. The van der Waals surface area contributed by atoms with Gasteiger partial charge in [-0.2, -0.15) is 4.31 Å². The van der Waals surface area contributed by atoms with Crippen LogP contribution in [-0.4, -0.2) is 43.8 Å². The summed E-state index contributed by atoms with van der Waals surface area (Å²) in [7, 11) is -4.03. The maximum atomic E-state index is 13.0. The van der Waals surface area contributed by atoms with Gasteiger partial charge in [-0.3, -0.25) is 0 Å². The molecule has 8 heteroatoms. The highest BCUT2D eigenvalue weighted by atomic mass is 35.5. The van der Waals surface area contributed by atoms with Crippen LogP contribution in [0.15, 0.2) is 29.2 Å². The van der Waals surface area contributed by atoms with Gasteiger partial charge in [0.15, 0.2) is 0 Å². The van der Waals surface area contributed by atoms with Gasteiger partial charge in [0, 0.05) is 12.4 Å². The van der Waals surface area contributed by atoms with Crippen molar-refractivity contribution in [3.63, 3.8) is 0 Å². The minimum atomic E-state index is -4.03. The number of carbonyl (C=O) groups excluding carboxylic acids is 1. The first kappa shape index (κ1) is 22.3. The highest BCUT2D eigenvalue weighted by Gasteiger charge is 2.33. The van der Waals surface area contributed by atoms with E-state index in [-0.39, 0.29) is 23.9 Å². The van der Waals surface area contributed by atoms with Gasteiger partial charge in [0.05, 0.1) is 16.9 Å². The summed E-state index contributed by atoms with van der Waals surface area (Å²) < 4.78 is 32.3. The minimum Gasteiger partial charge on any atom is -0.548 e. The van der Waals surface area contributed by atoms with Gasteiger partial charge in [0.2, 0.25) is 10.0 Å². The Morgan fingerprint density at radius 1 is 1.31 bits per heavy atom. The molecule has 0 saturated heterocycles. The Morgan fingerprint density at radius 3 is 2.38 bits per heavy atom. The predicted octanol–water partition coefficient (Wildman–Crippen LogP) is 1.48. The average Bonchev–Trinajstić information content (AvgIpc) is 2.58. The van der Waals surface area contributed by atoms with Crippen molar-refractivity contribution in [2.75, 3.05) is 19.0 Å². The van der Waals surface area contributed by atoms with Crippen molar-refractivity contribution in [3.8, 4) is 17.6 Å². The molecule has 1 aromatic carbocycles. The van der Waals surface area contributed by atoms with E-state index in [9.17, 15) is 18.3 Å². The maximum Gasteiger partial charge on any atom is 0.243 e. The van der Waals surface area contributed by atoms with E-state index >= 15 is 0 Å². The molecule has 0 fully saturated rings. The van der Waals surface area contributed by atoms with Crippen LogP contribution in [0.1, 0.15) is 27.2 Å². The van der Waals surface area contributed by atoms with E-state index in [0.29, 0.717) is 12.2 Å². The first-order valence-electron chi connectivity index (χ1n) is 8.16. The minimum absolute atomic E-state index is 0.00694. The normalized spacial score (nSPS) is 12.5. The number of hydrogen-bond donors (Lipinski definition) is 0. The Morgan fingerprint density at radius 2 is 1.92 bits per heavy atom. The quantitative estimate of drug-likeness (QED) is 0.438. The molecule has 1 rings (SSSR count). The standard InChI is InChI=1S/C18H24ClNO5S/c1-4-5-13-25-15-7-9-16(10-8-15)26(23,24)20(12-6-11-19)17(14(2)3)18(21)22/h7-10,14,17H,6,11-13H2,1-3H3,(H,21,22)/p-1. The Hall–Kier alpha value is -1.75. The number of benzene rings is 1. The third-order valence-corrected chi connectivity index (χ3v) is 5.78. The van der Waals surface area contributed by atoms with Crippen molar-refractivity contribution < 1.29 is 23.1 Å². The fraction of sp³-hybridized carbons (Fsp3) is 0.500. The first-order valence-corrected chi connectivity index (χ1v) is 10.1.